The molecule has 0 aliphatic carbocycles. The van der Waals surface area contributed by atoms with E-state index in [0.717, 1.165) is 48.5 Å². The highest BCUT2D eigenvalue weighted by Gasteiger charge is 2.23. The number of amides is 1. The van der Waals surface area contributed by atoms with Crippen LogP contribution in [-0.2, 0) is 11.3 Å². The minimum absolute atomic E-state index is 0.0411. The van der Waals surface area contributed by atoms with Crippen molar-refractivity contribution in [2.75, 3.05) is 13.2 Å². The van der Waals surface area contributed by atoms with Gasteiger partial charge in [0.1, 0.15) is 5.52 Å². The molecule has 0 saturated carbocycles. The van der Waals surface area contributed by atoms with E-state index in [1.54, 1.807) is 12.4 Å². The lowest BCUT2D eigenvalue weighted by atomic mass is 10.1. The van der Waals surface area contributed by atoms with Crippen LogP contribution < -0.4 is 0 Å². The number of carbonyl (C=O) groups excluding carboxylic acids is 1. The van der Waals surface area contributed by atoms with Gasteiger partial charge >= 0.3 is 0 Å². The number of nitrogens with zero attached hydrogens (tertiary/aromatic N) is 5. The zero-order chi connectivity index (χ0) is 20.4. The number of hydrogen-bond acceptors (Lipinski definition) is 5. The van der Waals surface area contributed by atoms with E-state index in [0.29, 0.717) is 18.2 Å². The Kier molecular flexibility index (Phi) is 5.58. The average molecular weight is 393 g/mol. The van der Waals surface area contributed by atoms with Crippen LogP contribution in [0, 0.1) is 6.92 Å². The lowest BCUT2D eigenvalue weighted by Crippen LogP contribution is -2.37. The molecule has 0 radical (unpaired) electrons. The van der Waals surface area contributed by atoms with Gasteiger partial charge in [-0.3, -0.25) is 9.78 Å². The Balaban J connectivity index is 1.60. The molecule has 3 aromatic rings. The van der Waals surface area contributed by atoms with Crippen molar-refractivity contribution in [1.82, 2.24) is 24.4 Å². The van der Waals surface area contributed by atoms with Crippen molar-refractivity contribution in [1.29, 1.82) is 0 Å². The Labute approximate surface area is 170 Å². The van der Waals surface area contributed by atoms with Gasteiger partial charge in [0, 0.05) is 37.7 Å². The van der Waals surface area contributed by atoms with E-state index in [4.69, 9.17) is 4.74 Å². The van der Waals surface area contributed by atoms with Crippen LogP contribution in [0.4, 0.5) is 0 Å². The van der Waals surface area contributed by atoms with Gasteiger partial charge in [-0.15, -0.1) is 0 Å². The molecule has 0 bridgehead atoms. The van der Waals surface area contributed by atoms with Gasteiger partial charge in [0.2, 0.25) is 0 Å². The number of hydrogen-bond donors (Lipinski definition) is 0. The van der Waals surface area contributed by atoms with Crippen molar-refractivity contribution < 1.29 is 9.53 Å². The third kappa shape index (κ3) is 4.00. The number of aromatic nitrogens is 4. The summed E-state index contributed by atoms with van der Waals surface area (Å²) in [6.45, 7) is 8.04. The Hall–Kier alpha value is -2.80. The summed E-state index contributed by atoms with van der Waals surface area (Å²) in [4.78, 5) is 28.7. The lowest BCUT2D eigenvalue weighted by Gasteiger charge is -2.27. The van der Waals surface area contributed by atoms with Crippen molar-refractivity contribution in [3.05, 3.63) is 53.7 Å². The molecule has 29 heavy (non-hydrogen) atoms. The molecule has 0 spiro atoms. The summed E-state index contributed by atoms with van der Waals surface area (Å²) in [6, 6.07) is 6.16. The predicted molar refractivity (Wildman–Crippen MR) is 111 cm³/mol. The number of fused-ring (bicyclic) bond motifs is 1. The van der Waals surface area contributed by atoms with E-state index in [-0.39, 0.29) is 11.9 Å². The van der Waals surface area contributed by atoms with Gasteiger partial charge < -0.3 is 14.2 Å². The monoisotopic (exact) mass is 393 g/mol. The molecular weight excluding hydrogens is 366 g/mol. The minimum Gasteiger partial charge on any atom is -0.381 e. The molecule has 3 aromatic heterocycles. The zero-order valence-corrected chi connectivity index (χ0v) is 17.2. The molecule has 1 aliphatic heterocycles. The van der Waals surface area contributed by atoms with E-state index in [9.17, 15) is 4.79 Å². The first-order valence-corrected chi connectivity index (χ1v) is 10.2. The van der Waals surface area contributed by atoms with Gasteiger partial charge in [-0.25, -0.2) is 9.97 Å². The quantitative estimate of drug-likeness (QED) is 0.663. The highest BCUT2D eigenvalue weighted by Crippen LogP contribution is 2.25. The molecule has 0 aromatic carbocycles. The van der Waals surface area contributed by atoms with Crippen LogP contribution in [-0.4, -0.2) is 49.6 Å². The van der Waals surface area contributed by atoms with E-state index in [1.165, 1.54) is 0 Å². The van der Waals surface area contributed by atoms with Crippen molar-refractivity contribution >= 4 is 17.1 Å². The first-order valence-electron chi connectivity index (χ1n) is 10.2. The number of rotatable bonds is 5. The molecule has 0 unspecified atom stereocenters. The Bertz CT molecular complexity index is 1010. The van der Waals surface area contributed by atoms with Crippen LogP contribution >= 0.6 is 0 Å². The van der Waals surface area contributed by atoms with E-state index in [2.05, 4.69) is 19.5 Å². The third-order valence-corrected chi connectivity index (χ3v) is 5.57. The molecule has 1 fully saturated rings. The smallest absolute Gasteiger partial charge is 0.256 e. The van der Waals surface area contributed by atoms with Crippen molar-refractivity contribution in [2.45, 2.75) is 52.2 Å². The second-order valence-electron chi connectivity index (χ2n) is 7.86. The molecule has 1 aliphatic rings. The maximum Gasteiger partial charge on any atom is 0.256 e. The van der Waals surface area contributed by atoms with Crippen molar-refractivity contribution in [3.8, 4) is 0 Å². The summed E-state index contributed by atoms with van der Waals surface area (Å²) < 4.78 is 7.57. The Morgan fingerprint density at radius 1 is 1.28 bits per heavy atom. The van der Waals surface area contributed by atoms with Gasteiger partial charge in [-0.1, -0.05) is 6.07 Å². The van der Waals surface area contributed by atoms with Crippen LogP contribution in [0.2, 0.25) is 0 Å². The van der Waals surface area contributed by atoms with Gasteiger partial charge in [0.05, 0.1) is 24.1 Å². The van der Waals surface area contributed by atoms with Crippen LogP contribution in [0.25, 0.3) is 11.2 Å². The standard InChI is InChI=1S/C22H27N5O2/c1-15(2)26(13-20-16(3)5-4-8-23-20)22(28)17-11-19-21(24-12-17)27(14-25-19)18-6-9-29-10-7-18/h4-5,8,11-12,14-15,18H,6-7,9-10,13H2,1-3H3. The van der Waals surface area contributed by atoms with E-state index >= 15 is 0 Å². The van der Waals surface area contributed by atoms with Gasteiger partial charge in [-0.2, -0.15) is 0 Å². The molecule has 4 heterocycles. The summed E-state index contributed by atoms with van der Waals surface area (Å²) in [7, 11) is 0. The highest BCUT2D eigenvalue weighted by atomic mass is 16.5. The Morgan fingerprint density at radius 3 is 2.79 bits per heavy atom. The lowest BCUT2D eigenvalue weighted by molar-refractivity contribution is 0.0687. The third-order valence-electron chi connectivity index (χ3n) is 5.57. The second kappa shape index (κ2) is 8.29. The molecule has 1 saturated heterocycles. The molecule has 152 valence electrons. The summed E-state index contributed by atoms with van der Waals surface area (Å²) in [5.41, 5.74) is 4.12. The first-order chi connectivity index (χ1) is 14.0. The fraction of sp³-hybridized carbons (Fsp3) is 0.455. The Morgan fingerprint density at radius 2 is 2.07 bits per heavy atom. The SMILES string of the molecule is Cc1cccnc1CN(C(=O)c1cnc2c(c1)ncn2C1CCOCC1)C(C)C. The van der Waals surface area contributed by atoms with Crippen LogP contribution in [0.5, 0.6) is 0 Å². The number of carbonyl (C=O) groups is 1. The topological polar surface area (TPSA) is 73.1 Å². The fourth-order valence-corrected chi connectivity index (χ4v) is 3.77. The predicted octanol–water partition coefficient (Wildman–Crippen LogP) is 3.54. The van der Waals surface area contributed by atoms with Crippen LogP contribution in [0.3, 0.4) is 0 Å². The second-order valence-corrected chi connectivity index (χ2v) is 7.86. The molecule has 7 nitrogen and oxygen atoms in total. The van der Waals surface area contributed by atoms with E-state index < -0.39 is 0 Å². The van der Waals surface area contributed by atoms with Crippen LogP contribution in [0.1, 0.15) is 54.3 Å². The summed E-state index contributed by atoms with van der Waals surface area (Å²) in [6.07, 6.45) is 7.18. The van der Waals surface area contributed by atoms with Crippen molar-refractivity contribution in [3.63, 3.8) is 0 Å². The maximum atomic E-state index is 13.3. The summed E-state index contributed by atoms with van der Waals surface area (Å²) in [5, 5.41) is 0. The van der Waals surface area contributed by atoms with Crippen molar-refractivity contribution in [2.24, 2.45) is 0 Å². The van der Waals surface area contributed by atoms with Gasteiger partial charge in [-0.05, 0) is 51.3 Å². The molecule has 1 amide bonds. The number of aryl methyl sites for hydroxylation is 1. The maximum absolute atomic E-state index is 13.3. The van der Waals surface area contributed by atoms with E-state index in [1.807, 2.05) is 50.2 Å². The number of ether oxygens (including phenoxy) is 1. The van der Waals surface area contributed by atoms with Crippen LogP contribution in [0.15, 0.2) is 36.9 Å². The average Bonchev–Trinajstić information content (AvgIpc) is 3.16. The summed E-state index contributed by atoms with van der Waals surface area (Å²) >= 11 is 0. The van der Waals surface area contributed by atoms with Gasteiger partial charge in [0.25, 0.3) is 5.91 Å². The number of imidazole rings is 1. The summed E-state index contributed by atoms with van der Waals surface area (Å²) in [5.74, 6) is -0.0555. The molecule has 4 rings (SSSR count). The first kappa shape index (κ1) is 19.5. The molecule has 0 atom stereocenters. The van der Waals surface area contributed by atoms with Gasteiger partial charge in [0.15, 0.2) is 5.65 Å². The fourth-order valence-electron chi connectivity index (χ4n) is 3.77. The number of pyridine rings is 2. The normalized spacial score (nSPS) is 15.2. The largest absolute Gasteiger partial charge is 0.381 e. The minimum atomic E-state index is -0.0555. The highest BCUT2D eigenvalue weighted by molar-refractivity contribution is 5.96. The molecule has 0 N–H and O–H groups in total. The molecular formula is C22H27N5O2. The molecule has 7 heteroatoms. The zero-order valence-electron chi connectivity index (χ0n) is 17.2.